The zero-order chi connectivity index (χ0) is 50.0. The molecule has 6 nitrogen and oxygen atoms in total. The SMILES string of the molecule is CCCCCCC/C=C\C/C=C\CCCCCCCCCCCCCC(=O)OCC(COC(=O)CCCCCCCCC)OC(=O)CCCCCCCCCCC/C=C\CCCCCCCCCC. The quantitative estimate of drug-likeness (QED) is 0.0261. The molecule has 0 bridgehead atoms. The molecule has 0 saturated carbocycles. The molecule has 69 heavy (non-hydrogen) atoms. The highest BCUT2D eigenvalue weighted by Crippen LogP contribution is 2.16. The molecular weight excluding hydrogens is 853 g/mol. The Labute approximate surface area is 429 Å². The molecule has 1 atom stereocenters. The first-order valence-electron chi connectivity index (χ1n) is 30.5. The molecule has 0 N–H and O–H groups in total. The molecule has 0 rings (SSSR count). The third kappa shape index (κ3) is 56.4. The number of esters is 3. The van der Waals surface area contributed by atoms with E-state index in [4.69, 9.17) is 14.2 Å². The fraction of sp³-hybridized carbons (Fsp3) is 0.857. The molecule has 0 fully saturated rings. The van der Waals surface area contributed by atoms with Crippen molar-refractivity contribution in [2.24, 2.45) is 0 Å². The molecule has 1 unspecified atom stereocenters. The van der Waals surface area contributed by atoms with Gasteiger partial charge in [-0.2, -0.15) is 0 Å². The summed E-state index contributed by atoms with van der Waals surface area (Å²) in [7, 11) is 0. The number of unbranched alkanes of at least 4 members (excludes halogenated alkanes) is 39. The number of allylic oxidation sites excluding steroid dienone is 6. The van der Waals surface area contributed by atoms with Gasteiger partial charge in [0.1, 0.15) is 13.2 Å². The number of hydrogen-bond acceptors (Lipinski definition) is 6. The minimum Gasteiger partial charge on any atom is -0.462 e. The van der Waals surface area contributed by atoms with E-state index in [-0.39, 0.29) is 31.1 Å². The van der Waals surface area contributed by atoms with Crippen molar-refractivity contribution in [1.82, 2.24) is 0 Å². The first-order chi connectivity index (χ1) is 34.0. The van der Waals surface area contributed by atoms with Crippen LogP contribution in [0.2, 0.25) is 0 Å². The number of carbonyl (C=O) groups excluding carboxylic acids is 3. The van der Waals surface area contributed by atoms with Gasteiger partial charge in [-0.25, -0.2) is 0 Å². The highest BCUT2D eigenvalue weighted by molar-refractivity contribution is 5.71. The second-order valence-electron chi connectivity index (χ2n) is 20.6. The van der Waals surface area contributed by atoms with Crippen molar-refractivity contribution in [3.63, 3.8) is 0 Å². The van der Waals surface area contributed by atoms with Crippen molar-refractivity contribution in [2.75, 3.05) is 13.2 Å². The summed E-state index contributed by atoms with van der Waals surface area (Å²) in [5, 5.41) is 0. The van der Waals surface area contributed by atoms with E-state index in [1.54, 1.807) is 0 Å². The van der Waals surface area contributed by atoms with Gasteiger partial charge in [-0.3, -0.25) is 14.4 Å². The lowest BCUT2D eigenvalue weighted by Crippen LogP contribution is -2.30. The minimum absolute atomic E-state index is 0.0707. The third-order valence-electron chi connectivity index (χ3n) is 13.6. The maximum atomic E-state index is 12.8. The Kier molecular flexibility index (Phi) is 56.2. The van der Waals surface area contributed by atoms with E-state index >= 15 is 0 Å². The molecule has 0 saturated heterocycles. The van der Waals surface area contributed by atoms with Gasteiger partial charge in [-0.05, 0) is 77.0 Å². The Morgan fingerprint density at radius 3 is 0.812 bits per heavy atom. The molecule has 0 aromatic carbocycles. The molecule has 0 spiro atoms. The lowest BCUT2D eigenvalue weighted by Gasteiger charge is -2.18. The molecule has 0 aliphatic heterocycles. The van der Waals surface area contributed by atoms with Crippen LogP contribution in [0.3, 0.4) is 0 Å². The Balaban J connectivity index is 4.14. The van der Waals surface area contributed by atoms with Crippen LogP contribution in [-0.2, 0) is 28.6 Å². The number of ether oxygens (including phenoxy) is 3. The van der Waals surface area contributed by atoms with E-state index in [1.807, 2.05) is 0 Å². The Morgan fingerprint density at radius 1 is 0.290 bits per heavy atom. The van der Waals surface area contributed by atoms with Crippen LogP contribution in [0.5, 0.6) is 0 Å². The van der Waals surface area contributed by atoms with E-state index in [0.717, 1.165) is 64.2 Å². The van der Waals surface area contributed by atoms with Crippen LogP contribution in [0, 0.1) is 0 Å². The predicted molar refractivity (Wildman–Crippen MR) is 298 cm³/mol. The molecule has 6 heteroatoms. The largest absolute Gasteiger partial charge is 0.462 e. The molecule has 0 heterocycles. The van der Waals surface area contributed by atoms with E-state index in [0.29, 0.717) is 19.3 Å². The first-order valence-corrected chi connectivity index (χ1v) is 30.5. The molecule has 0 aliphatic carbocycles. The van der Waals surface area contributed by atoms with Crippen molar-refractivity contribution in [1.29, 1.82) is 0 Å². The van der Waals surface area contributed by atoms with Crippen molar-refractivity contribution in [3.8, 4) is 0 Å². The molecule has 0 radical (unpaired) electrons. The summed E-state index contributed by atoms with van der Waals surface area (Å²) in [4.78, 5) is 38.0. The van der Waals surface area contributed by atoms with E-state index in [9.17, 15) is 14.4 Å². The monoisotopic (exact) mass is 969 g/mol. The average molecular weight is 970 g/mol. The number of rotatable bonds is 56. The van der Waals surface area contributed by atoms with Crippen LogP contribution in [0.1, 0.15) is 329 Å². The van der Waals surface area contributed by atoms with Crippen LogP contribution in [0.25, 0.3) is 0 Å². The fourth-order valence-corrected chi connectivity index (χ4v) is 9.00. The van der Waals surface area contributed by atoms with Crippen LogP contribution in [0.4, 0.5) is 0 Å². The van der Waals surface area contributed by atoms with E-state index in [2.05, 4.69) is 57.2 Å². The zero-order valence-electron chi connectivity index (χ0n) is 46.3. The lowest BCUT2D eigenvalue weighted by atomic mass is 10.0. The van der Waals surface area contributed by atoms with Gasteiger partial charge in [0, 0.05) is 19.3 Å². The van der Waals surface area contributed by atoms with Crippen LogP contribution < -0.4 is 0 Å². The van der Waals surface area contributed by atoms with Crippen LogP contribution in [-0.4, -0.2) is 37.2 Å². The van der Waals surface area contributed by atoms with Gasteiger partial charge in [0.25, 0.3) is 0 Å². The number of hydrogen-bond donors (Lipinski definition) is 0. The van der Waals surface area contributed by atoms with Crippen molar-refractivity contribution >= 4 is 17.9 Å². The Morgan fingerprint density at radius 2 is 0.522 bits per heavy atom. The maximum absolute atomic E-state index is 12.8. The summed E-state index contributed by atoms with van der Waals surface area (Å²) in [6.45, 7) is 6.63. The topological polar surface area (TPSA) is 78.9 Å². The standard InChI is InChI=1S/C63H116O6/c1-4-7-10-13-16-18-20-22-24-26-28-30-31-33-34-36-38-40-42-44-47-50-53-56-62(65)68-59-60(58-67-61(64)55-52-49-46-15-12-9-6-3)69-63(66)57-54-51-48-45-43-41-39-37-35-32-29-27-25-23-21-19-17-14-11-8-5-2/h20,22,26-29,60H,4-19,21,23-25,30-59H2,1-3H3/b22-20-,28-26-,29-27-. The smallest absolute Gasteiger partial charge is 0.306 e. The van der Waals surface area contributed by atoms with E-state index in [1.165, 1.54) is 225 Å². The van der Waals surface area contributed by atoms with Crippen LogP contribution in [0.15, 0.2) is 36.5 Å². The van der Waals surface area contributed by atoms with Crippen molar-refractivity contribution in [3.05, 3.63) is 36.5 Å². The second kappa shape index (κ2) is 58.2. The average Bonchev–Trinajstić information content (AvgIpc) is 3.35. The van der Waals surface area contributed by atoms with Crippen molar-refractivity contribution < 1.29 is 28.6 Å². The molecule has 0 aromatic heterocycles. The Hall–Kier alpha value is -2.37. The van der Waals surface area contributed by atoms with E-state index < -0.39 is 6.10 Å². The number of carbonyl (C=O) groups is 3. The Bertz CT molecular complexity index is 1160. The predicted octanol–water partition coefficient (Wildman–Crippen LogP) is 20.4. The molecule has 0 aromatic rings. The van der Waals surface area contributed by atoms with Gasteiger partial charge >= 0.3 is 17.9 Å². The summed E-state index contributed by atoms with van der Waals surface area (Å²) >= 11 is 0. The highest BCUT2D eigenvalue weighted by atomic mass is 16.6. The highest BCUT2D eigenvalue weighted by Gasteiger charge is 2.19. The first kappa shape index (κ1) is 66.6. The molecule has 0 aliphatic rings. The summed E-state index contributed by atoms with van der Waals surface area (Å²) in [5.74, 6) is -0.864. The van der Waals surface area contributed by atoms with Gasteiger partial charge in [-0.15, -0.1) is 0 Å². The fourth-order valence-electron chi connectivity index (χ4n) is 9.00. The summed E-state index contributed by atoms with van der Waals surface area (Å²) < 4.78 is 16.8. The van der Waals surface area contributed by atoms with Gasteiger partial charge in [0.05, 0.1) is 0 Å². The van der Waals surface area contributed by atoms with Gasteiger partial charge in [0.2, 0.25) is 0 Å². The lowest BCUT2D eigenvalue weighted by molar-refractivity contribution is -0.167. The maximum Gasteiger partial charge on any atom is 0.306 e. The van der Waals surface area contributed by atoms with Gasteiger partial charge in [-0.1, -0.05) is 269 Å². The molecule has 0 amide bonds. The molecule has 404 valence electrons. The normalized spacial score (nSPS) is 12.2. The van der Waals surface area contributed by atoms with Gasteiger partial charge < -0.3 is 14.2 Å². The summed E-state index contributed by atoms with van der Waals surface area (Å²) in [6, 6.07) is 0. The zero-order valence-corrected chi connectivity index (χ0v) is 46.3. The minimum atomic E-state index is -0.770. The van der Waals surface area contributed by atoms with Crippen LogP contribution >= 0.6 is 0 Å². The summed E-state index contributed by atoms with van der Waals surface area (Å²) in [6.07, 6.45) is 70.2. The summed E-state index contributed by atoms with van der Waals surface area (Å²) in [5.41, 5.74) is 0. The van der Waals surface area contributed by atoms with Crippen molar-refractivity contribution in [2.45, 2.75) is 335 Å². The third-order valence-corrected chi connectivity index (χ3v) is 13.6. The second-order valence-corrected chi connectivity index (χ2v) is 20.6. The van der Waals surface area contributed by atoms with Gasteiger partial charge in [0.15, 0.2) is 6.10 Å². The molecular formula is C63H116O6.